The van der Waals surface area contributed by atoms with E-state index < -0.39 is 11.7 Å². The van der Waals surface area contributed by atoms with Crippen LogP contribution in [0.25, 0.3) is 0 Å². The van der Waals surface area contributed by atoms with E-state index in [4.69, 9.17) is 5.26 Å². The smallest absolute Gasteiger partial charge is 0.158 e. The van der Waals surface area contributed by atoms with Gasteiger partial charge in [0.05, 0.1) is 11.6 Å². The van der Waals surface area contributed by atoms with E-state index >= 15 is 0 Å². The van der Waals surface area contributed by atoms with Crippen molar-refractivity contribution in [1.29, 1.82) is 5.26 Å². The third kappa shape index (κ3) is 4.68. The first-order valence-corrected chi connectivity index (χ1v) is 6.38. The Bertz CT molecular complexity index is 566. The summed E-state index contributed by atoms with van der Waals surface area (Å²) in [5.41, 5.74) is 2.66. The van der Waals surface area contributed by atoms with Gasteiger partial charge in [0.1, 0.15) is 11.7 Å². The molecule has 0 aliphatic heterocycles. The zero-order valence-electron chi connectivity index (χ0n) is 11.2. The molecular formula is C17H16FNO. The van der Waals surface area contributed by atoms with E-state index in [1.54, 1.807) is 18.2 Å². The van der Waals surface area contributed by atoms with Gasteiger partial charge in [0.25, 0.3) is 0 Å². The van der Waals surface area contributed by atoms with Crippen LogP contribution in [-0.4, -0.2) is 5.78 Å². The maximum atomic E-state index is 13.8. The first-order chi connectivity index (χ1) is 9.70. The second kappa shape index (κ2) is 8.63. The first-order valence-electron chi connectivity index (χ1n) is 6.38. The molecule has 0 radical (unpaired) electrons. The summed E-state index contributed by atoms with van der Waals surface area (Å²) in [6.45, 7) is 3.60. The van der Waals surface area contributed by atoms with Crippen LogP contribution in [0.15, 0.2) is 66.2 Å². The van der Waals surface area contributed by atoms with Crippen molar-refractivity contribution >= 4 is 5.78 Å². The fraction of sp³-hybridized carbons (Fsp3) is 0.235. The molecule has 0 amide bonds. The Morgan fingerprint density at radius 1 is 1.45 bits per heavy atom. The summed E-state index contributed by atoms with van der Waals surface area (Å²) >= 11 is 0. The summed E-state index contributed by atoms with van der Waals surface area (Å²) in [7, 11) is 0. The summed E-state index contributed by atoms with van der Waals surface area (Å²) < 4.78 is 13.8. The second-order valence-electron chi connectivity index (χ2n) is 4.19. The van der Waals surface area contributed by atoms with E-state index in [9.17, 15) is 9.18 Å². The van der Waals surface area contributed by atoms with E-state index in [1.165, 1.54) is 18.2 Å². The molecule has 0 saturated heterocycles. The number of carbonyl (C=O) groups excluding carboxylic acids is 1. The van der Waals surface area contributed by atoms with Crippen molar-refractivity contribution in [3.63, 3.8) is 0 Å². The number of nitrogens with zero attached hydrogens (tertiary/aromatic N) is 1. The van der Waals surface area contributed by atoms with Crippen LogP contribution in [0.3, 0.4) is 0 Å². The highest BCUT2D eigenvalue weighted by molar-refractivity contribution is 5.88. The molecule has 20 heavy (non-hydrogen) atoms. The normalized spacial score (nSPS) is 15.2. The van der Waals surface area contributed by atoms with Gasteiger partial charge in [-0.25, -0.2) is 4.39 Å². The predicted octanol–water partition coefficient (Wildman–Crippen LogP) is 4.11. The molecule has 3 heteroatoms. The molecule has 0 bridgehead atoms. The molecular weight excluding hydrogens is 253 g/mol. The van der Waals surface area contributed by atoms with Crippen molar-refractivity contribution in [2.24, 2.45) is 5.92 Å². The van der Waals surface area contributed by atoms with Crippen LogP contribution in [0.4, 0.5) is 4.39 Å². The average Bonchev–Trinajstić information content (AvgIpc) is 2.65. The van der Waals surface area contributed by atoms with Crippen molar-refractivity contribution in [3.05, 3.63) is 66.2 Å². The Hall–Kier alpha value is -2.43. The molecule has 0 aromatic carbocycles. The lowest BCUT2D eigenvalue weighted by Crippen LogP contribution is -2.14. The SMILES string of the molecule is C=CCC/C=C/CC(=O)C(C#N)C1=C=CC=CC=C1F. The van der Waals surface area contributed by atoms with E-state index in [1.807, 2.05) is 12.1 Å². The van der Waals surface area contributed by atoms with Gasteiger partial charge in [-0.15, -0.1) is 12.3 Å². The molecule has 0 aromatic rings. The minimum Gasteiger partial charge on any atom is -0.297 e. The van der Waals surface area contributed by atoms with Crippen LogP contribution in [-0.2, 0) is 4.79 Å². The van der Waals surface area contributed by atoms with E-state index in [0.717, 1.165) is 12.8 Å². The Morgan fingerprint density at radius 3 is 2.95 bits per heavy atom. The van der Waals surface area contributed by atoms with Gasteiger partial charge in [0, 0.05) is 6.42 Å². The zero-order valence-corrected chi connectivity index (χ0v) is 11.2. The predicted molar refractivity (Wildman–Crippen MR) is 77.2 cm³/mol. The molecule has 102 valence electrons. The molecule has 1 atom stereocenters. The number of Topliss-reactive ketones (excluding diaryl/α,β-unsaturated/α-hetero) is 1. The average molecular weight is 269 g/mol. The lowest BCUT2D eigenvalue weighted by atomic mass is 9.93. The molecule has 0 saturated carbocycles. The van der Waals surface area contributed by atoms with Crippen LogP contribution in [0.5, 0.6) is 0 Å². The minimum atomic E-state index is -1.12. The van der Waals surface area contributed by atoms with Gasteiger partial charge in [-0.3, -0.25) is 4.79 Å². The maximum absolute atomic E-state index is 13.8. The molecule has 1 aliphatic carbocycles. The standard InChI is InChI=1S/C17H16FNO/c1-2-3-4-5-9-12-17(20)15(13-19)14-10-7-6-8-11-16(14)18/h2,5-9,11,15H,1,3-4,12H2/b9-5+. The molecule has 1 aliphatic rings. The monoisotopic (exact) mass is 269 g/mol. The van der Waals surface area contributed by atoms with Crippen LogP contribution in [0, 0.1) is 17.2 Å². The number of carbonyl (C=O) groups is 1. The number of nitriles is 1. The molecule has 1 unspecified atom stereocenters. The quantitative estimate of drug-likeness (QED) is 0.396. The highest BCUT2D eigenvalue weighted by Crippen LogP contribution is 2.23. The van der Waals surface area contributed by atoms with Gasteiger partial charge in [0.15, 0.2) is 5.78 Å². The third-order valence-electron chi connectivity index (χ3n) is 2.71. The molecule has 0 spiro atoms. The number of hydrogen-bond donors (Lipinski definition) is 0. The highest BCUT2D eigenvalue weighted by atomic mass is 19.1. The van der Waals surface area contributed by atoms with Gasteiger partial charge in [-0.2, -0.15) is 5.26 Å². The summed E-state index contributed by atoms with van der Waals surface area (Å²) in [6, 6.07) is 1.85. The number of hydrogen-bond acceptors (Lipinski definition) is 2. The lowest BCUT2D eigenvalue weighted by Gasteiger charge is -2.07. The number of halogens is 1. The Kier molecular flexibility index (Phi) is 6.75. The van der Waals surface area contributed by atoms with Crippen LogP contribution in [0.1, 0.15) is 19.3 Å². The van der Waals surface area contributed by atoms with Gasteiger partial charge in [-0.05, 0) is 25.0 Å². The second-order valence-corrected chi connectivity index (χ2v) is 4.19. The number of rotatable bonds is 7. The van der Waals surface area contributed by atoms with E-state index in [-0.39, 0.29) is 17.8 Å². The van der Waals surface area contributed by atoms with Crippen molar-refractivity contribution in [2.45, 2.75) is 19.3 Å². The van der Waals surface area contributed by atoms with Crippen LogP contribution in [0.2, 0.25) is 0 Å². The number of unbranched alkanes of at least 4 members (excludes halogenated alkanes) is 1. The van der Waals surface area contributed by atoms with E-state index in [2.05, 4.69) is 12.3 Å². The van der Waals surface area contributed by atoms with Gasteiger partial charge in [-0.1, -0.05) is 30.4 Å². The summed E-state index contributed by atoms with van der Waals surface area (Å²) in [5.74, 6) is -2.04. The summed E-state index contributed by atoms with van der Waals surface area (Å²) in [5, 5.41) is 9.10. The molecule has 2 nitrogen and oxygen atoms in total. The van der Waals surface area contributed by atoms with Crippen molar-refractivity contribution in [1.82, 2.24) is 0 Å². The fourth-order valence-electron chi connectivity index (χ4n) is 1.66. The minimum absolute atomic E-state index is 0.00184. The molecule has 0 N–H and O–H groups in total. The van der Waals surface area contributed by atoms with Gasteiger partial charge >= 0.3 is 0 Å². The fourth-order valence-corrected chi connectivity index (χ4v) is 1.66. The van der Waals surface area contributed by atoms with Crippen molar-refractivity contribution < 1.29 is 9.18 Å². The van der Waals surface area contributed by atoms with Crippen LogP contribution >= 0.6 is 0 Å². The largest absolute Gasteiger partial charge is 0.297 e. The number of ketones is 1. The van der Waals surface area contributed by atoms with Crippen molar-refractivity contribution in [3.8, 4) is 6.07 Å². The molecule has 0 fully saturated rings. The lowest BCUT2D eigenvalue weighted by molar-refractivity contribution is -0.119. The Morgan fingerprint density at radius 2 is 2.25 bits per heavy atom. The summed E-state index contributed by atoms with van der Waals surface area (Å²) in [6.07, 6.45) is 12.9. The topological polar surface area (TPSA) is 40.9 Å². The first kappa shape index (κ1) is 15.6. The maximum Gasteiger partial charge on any atom is 0.158 e. The molecule has 1 rings (SSSR count). The Labute approximate surface area is 118 Å². The third-order valence-corrected chi connectivity index (χ3v) is 2.71. The van der Waals surface area contributed by atoms with Crippen LogP contribution < -0.4 is 0 Å². The molecule has 0 aromatic heterocycles. The Balaban J connectivity index is 2.74. The highest BCUT2D eigenvalue weighted by Gasteiger charge is 2.24. The van der Waals surface area contributed by atoms with Crippen molar-refractivity contribution in [2.75, 3.05) is 0 Å². The number of allylic oxidation sites excluding steroid dienone is 8. The summed E-state index contributed by atoms with van der Waals surface area (Å²) in [4.78, 5) is 12.0. The van der Waals surface area contributed by atoms with Gasteiger partial charge in [0.2, 0.25) is 0 Å². The zero-order chi connectivity index (χ0) is 14.8. The van der Waals surface area contributed by atoms with Gasteiger partial charge < -0.3 is 0 Å². The molecule has 0 heterocycles. The van der Waals surface area contributed by atoms with E-state index in [0.29, 0.717) is 0 Å².